The van der Waals surface area contributed by atoms with E-state index in [0.29, 0.717) is 19.6 Å². The highest BCUT2D eigenvalue weighted by atomic mass is 16.5. The molecule has 3 aliphatic heterocycles. The van der Waals surface area contributed by atoms with Gasteiger partial charge in [-0.2, -0.15) is 5.10 Å². The minimum Gasteiger partial charge on any atom is -0.360 e. The molecule has 3 aliphatic rings. The molecule has 146 valence electrons. The van der Waals surface area contributed by atoms with Crippen molar-refractivity contribution in [3.63, 3.8) is 0 Å². The van der Waals surface area contributed by atoms with E-state index in [9.17, 15) is 9.59 Å². The zero-order valence-electron chi connectivity index (χ0n) is 16.7. The number of carbonyl (C=O) groups excluding carboxylic acids is 2. The Morgan fingerprint density at radius 1 is 1.44 bits per heavy atom. The lowest BCUT2D eigenvalue weighted by molar-refractivity contribution is -0.143. The molecule has 0 radical (unpaired) electrons. The molecule has 0 saturated carbocycles. The van der Waals surface area contributed by atoms with Crippen molar-refractivity contribution in [2.75, 3.05) is 20.1 Å². The van der Waals surface area contributed by atoms with Crippen molar-refractivity contribution in [2.24, 2.45) is 24.3 Å². The summed E-state index contributed by atoms with van der Waals surface area (Å²) in [5.74, 6) is -0.858. The van der Waals surface area contributed by atoms with Crippen LogP contribution in [0.4, 0.5) is 0 Å². The molecule has 0 aliphatic carbocycles. The second kappa shape index (κ2) is 5.92. The fourth-order valence-electron chi connectivity index (χ4n) is 4.73. The van der Waals surface area contributed by atoms with E-state index in [1.165, 1.54) is 0 Å². The van der Waals surface area contributed by atoms with Gasteiger partial charge in [0.15, 0.2) is 0 Å². The van der Waals surface area contributed by atoms with Crippen LogP contribution in [-0.4, -0.2) is 63.2 Å². The predicted molar refractivity (Wildman–Crippen MR) is 99.4 cm³/mol. The number of amides is 2. The van der Waals surface area contributed by atoms with Crippen LogP contribution in [0.15, 0.2) is 24.5 Å². The molecule has 0 unspecified atom stereocenters. The first-order valence-electron chi connectivity index (χ1n) is 9.48. The van der Waals surface area contributed by atoms with E-state index in [-0.39, 0.29) is 23.3 Å². The van der Waals surface area contributed by atoms with Crippen LogP contribution in [0.3, 0.4) is 0 Å². The Kier molecular flexibility index (Phi) is 4.00. The summed E-state index contributed by atoms with van der Waals surface area (Å²) in [5.41, 5.74) is 0.334. The molecule has 1 spiro atoms. The van der Waals surface area contributed by atoms with Gasteiger partial charge >= 0.3 is 0 Å². The fraction of sp³-hybridized carbons (Fsp3) is 0.650. The minimum atomic E-state index is -0.636. The molecule has 4 rings (SSSR count). The van der Waals surface area contributed by atoms with E-state index in [1.807, 2.05) is 30.3 Å². The van der Waals surface area contributed by atoms with Gasteiger partial charge in [-0.1, -0.05) is 32.9 Å². The second-order valence-corrected chi connectivity index (χ2v) is 9.37. The van der Waals surface area contributed by atoms with Gasteiger partial charge in [-0.05, 0) is 5.41 Å². The summed E-state index contributed by atoms with van der Waals surface area (Å²) in [6.45, 7) is 8.02. The van der Waals surface area contributed by atoms with Crippen LogP contribution in [0.1, 0.15) is 26.3 Å². The summed E-state index contributed by atoms with van der Waals surface area (Å²) in [5, 5.41) is 4.15. The fourth-order valence-corrected chi connectivity index (χ4v) is 4.73. The first kappa shape index (κ1) is 18.2. The third kappa shape index (κ3) is 2.98. The quantitative estimate of drug-likeness (QED) is 0.745. The number of likely N-dealkylation sites (tertiary alicyclic amines) is 1. The number of nitrogens with zero attached hydrogens (tertiary/aromatic N) is 4. The van der Waals surface area contributed by atoms with Gasteiger partial charge in [0, 0.05) is 38.9 Å². The van der Waals surface area contributed by atoms with Crippen LogP contribution < -0.4 is 0 Å². The molecule has 4 atom stereocenters. The third-order valence-electron chi connectivity index (χ3n) is 5.68. The van der Waals surface area contributed by atoms with Crippen molar-refractivity contribution in [1.29, 1.82) is 0 Å². The molecule has 2 saturated heterocycles. The summed E-state index contributed by atoms with van der Waals surface area (Å²) >= 11 is 0. The van der Waals surface area contributed by atoms with Crippen molar-refractivity contribution in [3.8, 4) is 0 Å². The Hall–Kier alpha value is -2.15. The van der Waals surface area contributed by atoms with Crippen molar-refractivity contribution < 1.29 is 14.3 Å². The van der Waals surface area contributed by atoms with E-state index < -0.39 is 17.4 Å². The average molecular weight is 372 g/mol. The molecule has 2 bridgehead atoms. The van der Waals surface area contributed by atoms with Gasteiger partial charge in [0.1, 0.15) is 5.60 Å². The summed E-state index contributed by atoms with van der Waals surface area (Å²) in [4.78, 5) is 30.0. The number of rotatable bonds is 4. The Balaban J connectivity index is 1.54. The van der Waals surface area contributed by atoms with Crippen LogP contribution in [0.2, 0.25) is 0 Å². The standard InChI is InChI=1S/C20H28N4O3/c1-19(2,3)11-24-12-20-7-6-14(27-20)15(16(20)18(24)26)17(25)22(4)9-13-8-21-23(5)10-13/h6-8,10,14-16H,9,11-12H2,1-5H3/t14-,15-,16-,20-/m0/s1. The van der Waals surface area contributed by atoms with Crippen LogP contribution >= 0.6 is 0 Å². The van der Waals surface area contributed by atoms with Gasteiger partial charge in [0.05, 0.1) is 30.7 Å². The maximum atomic E-state index is 13.2. The third-order valence-corrected chi connectivity index (χ3v) is 5.68. The topological polar surface area (TPSA) is 67.7 Å². The Morgan fingerprint density at radius 3 is 2.81 bits per heavy atom. The van der Waals surface area contributed by atoms with Gasteiger partial charge in [-0.3, -0.25) is 14.3 Å². The molecule has 2 fully saturated rings. The summed E-state index contributed by atoms with van der Waals surface area (Å²) in [6, 6.07) is 0. The molecule has 27 heavy (non-hydrogen) atoms. The number of aryl methyl sites for hydroxylation is 1. The predicted octanol–water partition coefficient (Wildman–Crippen LogP) is 1.21. The van der Waals surface area contributed by atoms with Crippen molar-refractivity contribution in [3.05, 3.63) is 30.1 Å². The highest BCUT2D eigenvalue weighted by Crippen LogP contribution is 2.52. The number of fused-ring (bicyclic) bond motifs is 1. The van der Waals surface area contributed by atoms with Crippen LogP contribution in [0, 0.1) is 17.3 Å². The maximum absolute atomic E-state index is 13.2. The molecular formula is C20H28N4O3. The molecule has 4 heterocycles. The van der Waals surface area contributed by atoms with Gasteiger partial charge in [-0.25, -0.2) is 0 Å². The van der Waals surface area contributed by atoms with Gasteiger partial charge < -0.3 is 14.5 Å². The lowest BCUT2D eigenvalue weighted by atomic mass is 9.76. The monoisotopic (exact) mass is 372 g/mol. The van der Waals surface area contributed by atoms with Crippen LogP contribution in [0.25, 0.3) is 0 Å². The van der Waals surface area contributed by atoms with Crippen LogP contribution in [-0.2, 0) is 27.9 Å². The van der Waals surface area contributed by atoms with Crippen molar-refractivity contribution >= 4 is 11.8 Å². The minimum absolute atomic E-state index is 0.00324. The summed E-state index contributed by atoms with van der Waals surface area (Å²) in [7, 11) is 3.63. The molecule has 7 heteroatoms. The smallest absolute Gasteiger partial charge is 0.230 e. The van der Waals surface area contributed by atoms with E-state index >= 15 is 0 Å². The van der Waals surface area contributed by atoms with Crippen molar-refractivity contribution in [1.82, 2.24) is 19.6 Å². The molecule has 0 aromatic carbocycles. The Labute approximate surface area is 159 Å². The Bertz CT molecular complexity index is 808. The van der Waals surface area contributed by atoms with E-state index in [0.717, 1.165) is 5.56 Å². The van der Waals surface area contributed by atoms with Crippen molar-refractivity contribution in [2.45, 2.75) is 39.0 Å². The molecule has 1 aromatic rings. The number of hydrogen-bond donors (Lipinski definition) is 0. The van der Waals surface area contributed by atoms with Crippen LogP contribution in [0.5, 0.6) is 0 Å². The first-order valence-corrected chi connectivity index (χ1v) is 9.48. The zero-order valence-corrected chi connectivity index (χ0v) is 16.7. The largest absolute Gasteiger partial charge is 0.360 e. The number of hydrogen-bond acceptors (Lipinski definition) is 4. The van der Waals surface area contributed by atoms with Gasteiger partial charge in [-0.15, -0.1) is 0 Å². The zero-order chi connectivity index (χ0) is 19.6. The molecule has 0 N–H and O–H groups in total. The van der Waals surface area contributed by atoms with Gasteiger partial charge in [0.2, 0.25) is 11.8 Å². The average Bonchev–Trinajstić information content (AvgIpc) is 3.28. The van der Waals surface area contributed by atoms with E-state index in [1.54, 1.807) is 22.8 Å². The SMILES string of the molecule is CN(Cc1cnn(C)c1)C(=O)[C@H]1[C@@H]2C=C[C@@]3(CN(CC(C)(C)C)C(=O)[C@H]13)O2. The highest BCUT2D eigenvalue weighted by Gasteiger charge is 2.67. The maximum Gasteiger partial charge on any atom is 0.230 e. The molecule has 2 amide bonds. The number of carbonyl (C=O) groups is 2. The van der Waals surface area contributed by atoms with Gasteiger partial charge in [0.25, 0.3) is 0 Å². The summed E-state index contributed by atoms with van der Waals surface area (Å²) in [6.07, 6.45) is 7.32. The Morgan fingerprint density at radius 2 is 2.19 bits per heavy atom. The number of ether oxygens (including phenoxy) is 1. The lowest BCUT2D eigenvalue weighted by Crippen LogP contribution is -2.44. The summed E-state index contributed by atoms with van der Waals surface area (Å²) < 4.78 is 7.92. The molecular weight excluding hydrogens is 344 g/mol. The lowest BCUT2D eigenvalue weighted by Gasteiger charge is -2.29. The van der Waals surface area contributed by atoms with E-state index in [2.05, 4.69) is 25.9 Å². The second-order valence-electron chi connectivity index (χ2n) is 9.37. The highest BCUT2D eigenvalue weighted by molar-refractivity contribution is 5.93. The molecule has 7 nitrogen and oxygen atoms in total. The normalized spacial score (nSPS) is 31.7. The first-order chi connectivity index (χ1) is 12.6. The van der Waals surface area contributed by atoms with E-state index in [4.69, 9.17) is 4.74 Å². The number of aromatic nitrogens is 2. The molecule has 1 aromatic heterocycles.